The number of hydrogen-bond donors (Lipinski definition) is 1. The molecular weight excluding hydrogens is 702 g/mol. The number of carbonyl (C=O) groups is 1. The summed E-state index contributed by atoms with van der Waals surface area (Å²) in [6.07, 6.45) is 7.77. The Morgan fingerprint density at radius 2 is 1.67 bits per heavy atom. The number of esters is 1. The van der Waals surface area contributed by atoms with Gasteiger partial charge >= 0.3 is 5.97 Å². The van der Waals surface area contributed by atoms with Gasteiger partial charge in [-0.05, 0) is 81.6 Å². The van der Waals surface area contributed by atoms with Gasteiger partial charge < -0.3 is 14.5 Å². The zero-order chi connectivity index (χ0) is 35.1. The summed E-state index contributed by atoms with van der Waals surface area (Å²) in [5.41, 5.74) is 5.36. The molecule has 2 aliphatic heterocycles. The number of likely N-dealkylation sites (N-methyl/N-ethyl adjacent to an activating group) is 1. The van der Waals surface area contributed by atoms with Gasteiger partial charge in [0.05, 0.1) is 35.3 Å². The molecule has 2 saturated heterocycles. The van der Waals surface area contributed by atoms with Gasteiger partial charge in [0.2, 0.25) is 10.0 Å². The Morgan fingerprint density at radius 1 is 0.961 bits per heavy atom. The smallest absolute Gasteiger partial charge is 0.320 e. The molecule has 3 fully saturated rings. The molecule has 1 N–H and O–H groups in total. The van der Waals surface area contributed by atoms with Gasteiger partial charge in [0.15, 0.2) is 0 Å². The van der Waals surface area contributed by atoms with Crippen LogP contribution in [0.3, 0.4) is 0 Å². The lowest BCUT2D eigenvalue weighted by Gasteiger charge is -2.35. The van der Waals surface area contributed by atoms with Crippen molar-refractivity contribution in [2.75, 3.05) is 73.7 Å². The minimum atomic E-state index is -3.80. The van der Waals surface area contributed by atoms with E-state index in [0.29, 0.717) is 16.8 Å². The van der Waals surface area contributed by atoms with E-state index >= 15 is 0 Å². The standard InChI is InChI=1S/C35H42F2N8O4S.ClH/c1-42(2)24-32(46)49-18-19-50(47,48)40-26-5-6-28(30(21-26)43-14-9-34(7-8-34)10-15-43)29-23-45(41-39-29)27-20-25-4-3-13-38-33(25)31(22-27)44-16-11-35(36,37)12-17-44;/h3-6,13,20-23,40H,7-12,14-19,24H2,1-2H3;1H. The molecule has 1 spiro atoms. The monoisotopic (exact) mass is 744 g/mol. The Labute approximate surface area is 302 Å². The fourth-order valence-electron chi connectivity index (χ4n) is 6.89. The van der Waals surface area contributed by atoms with Gasteiger partial charge in [0, 0.05) is 61.9 Å². The third-order valence-electron chi connectivity index (χ3n) is 9.99. The van der Waals surface area contributed by atoms with Gasteiger partial charge in [0.25, 0.3) is 5.92 Å². The van der Waals surface area contributed by atoms with E-state index in [2.05, 4.69) is 24.9 Å². The van der Waals surface area contributed by atoms with Gasteiger partial charge in [-0.3, -0.25) is 19.4 Å². The molecule has 0 amide bonds. The highest BCUT2D eigenvalue weighted by Crippen LogP contribution is 2.54. The molecule has 1 saturated carbocycles. The number of sulfonamides is 1. The van der Waals surface area contributed by atoms with E-state index in [4.69, 9.17) is 4.74 Å². The number of pyridine rings is 1. The average Bonchev–Trinajstić information content (AvgIpc) is 3.63. The Kier molecular flexibility index (Phi) is 10.4. The summed E-state index contributed by atoms with van der Waals surface area (Å²) < 4.78 is 63.4. The SMILES string of the molecule is CN(C)CC(=O)OCCS(=O)(=O)Nc1ccc(-c2cn(-c3cc(N4CCC(F)(F)CC4)c4ncccc4c3)nn2)c(N2CCC3(CC2)CC3)c1.Cl. The predicted octanol–water partition coefficient (Wildman–Crippen LogP) is 5.37. The number of nitrogens with one attached hydrogen (secondary N) is 1. The van der Waals surface area contributed by atoms with Crippen LogP contribution >= 0.6 is 12.4 Å². The van der Waals surface area contributed by atoms with Crippen LogP contribution in [-0.4, -0.2) is 104 Å². The molecule has 0 unspecified atom stereocenters. The molecule has 1 aliphatic carbocycles. The van der Waals surface area contributed by atoms with Gasteiger partial charge in [-0.2, -0.15) is 0 Å². The zero-order valence-corrected chi connectivity index (χ0v) is 30.4. The summed E-state index contributed by atoms with van der Waals surface area (Å²) in [6.45, 7) is 1.95. The highest BCUT2D eigenvalue weighted by Gasteiger charge is 2.44. The lowest BCUT2D eigenvalue weighted by atomic mass is 9.93. The van der Waals surface area contributed by atoms with Crippen molar-refractivity contribution < 1.29 is 26.7 Å². The molecule has 3 aliphatic rings. The van der Waals surface area contributed by atoms with E-state index in [1.54, 1.807) is 35.9 Å². The van der Waals surface area contributed by atoms with E-state index in [0.717, 1.165) is 59.5 Å². The molecule has 4 aromatic rings. The number of hydrogen-bond acceptors (Lipinski definition) is 10. The van der Waals surface area contributed by atoms with Crippen LogP contribution in [0.1, 0.15) is 38.5 Å². The van der Waals surface area contributed by atoms with E-state index in [9.17, 15) is 22.0 Å². The summed E-state index contributed by atoms with van der Waals surface area (Å²) in [5, 5.41) is 9.89. The summed E-state index contributed by atoms with van der Waals surface area (Å²) >= 11 is 0. The van der Waals surface area contributed by atoms with Crippen LogP contribution < -0.4 is 14.5 Å². The molecule has 2 aromatic heterocycles. The molecule has 0 atom stereocenters. The van der Waals surface area contributed by atoms with Crippen LogP contribution in [0.5, 0.6) is 0 Å². The van der Waals surface area contributed by atoms with Gasteiger partial charge in [-0.25, -0.2) is 21.9 Å². The number of carbonyl (C=O) groups excluding carboxylic acids is 1. The summed E-state index contributed by atoms with van der Waals surface area (Å²) in [5.74, 6) is -3.53. The summed E-state index contributed by atoms with van der Waals surface area (Å²) in [4.78, 5) is 22.3. The van der Waals surface area contributed by atoms with Crippen molar-refractivity contribution in [2.45, 2.75) is 44.4 Å². The highest BCUT2D eigenvalue weighted by molar-refractivity contribution is 7.92. The normalized spacial score (nSPS) is 18.1. The van der Waals surface area contributed by atoms with Crippen LogP contribution in [0.25, 0.3) is 27.8 Å². The second kappa shape index (κ2) is 14.5. The molecular formula is C35H43ClF2N8O4S. The molecule has 2 aromatic carbocycles. The predicted molar refractivity (Wildman–Crippen MR) is 196 cm³/mol. The Balaban J connectivity index is 0.00000448. The fraction of sp³-hybridized carbons (Fsp3) is 0.486. The number of ether oxygens (including phenoxy) is 1. The number of nitrogens with zero attached hydrogens (tertiary/aromatic N) is 7. The Bertz CT molecular complexity index is 1990. The van der Waals surface area contributed by atoms with Crippen molar-refractivity contribution in [1.29, 1.82) is 0 Å². The largest absolute Gasteiger partial charge is 0.464 e. The van der Waals surface area contributed by atoms with Crippen LogP contribution in [-0.2, 0) is 19.6 Å². The maximum absolute atomic E-state index is 14.0. The number of anilines is 3. The first-order valence-electron chi connectivity index (χ1n) is 17.0. The number of alkyl halides is 2. The third-order valence-corrected chi connectivity index (χ3v) is 11.2. The maximum atomic E-state index is 14.0. The number of halogens is 3. The van der Waals surface area contributed by atoms with Crippen molar-refractivity contribution in [2.24, 2.45) is 5.41 Å². The van der Waals surface area contributed by atoms with Gasteiger partial charge in [-0.1, -0.05) is 11.3 Å². The maximum Gasteiger partial charge on any atom is 0.320 e. The molecule has 16 heteroatoms. The fourth-order valence-corrected chi connectivity index (χ4v) is 7.78. The summed E-state index contributed by atoms with van der Waals surface area (Å²) in [7, 11) is -0.342. The van der Waals surface area contributed by atoms with E-state index < -0.39 is 21.9 Å². The lowest BCUT2D eigenvalue weighted by molar-refractivity contribution is -0.143. The number of piperidine rings is 2. The first-order valence-corrected chi connectivity index (χ1v) is 18.7. The van der Waals surface area contributed by atoms with Crippen LogP contribution in [0.2, 0.25) is 0 Å². The molecule has 0 radical (unpaired) electrons. The molecule has 274 valence electrons. The molecule has 51 heavy (non-hydrogen) atoms. The number of aromatic nitrogens is 4. The molecule has 7 rings (SSSR count). The third kappa shape index (κ3) is 8.53. The van der Waals surface area contributed by atoms with Crippen LogP contribution in [0.4, 0.5) is 25.8 Å². The quantitative estimate of drug-likeness (QED) is 0.201. The number of fused-ring (bicyclic) bond motifs is 1. The zero-order valence-electron chi connectivity index (χ0n) is 28.7. The summed E-state index contributed by atoms with van der Waals surface area (Å²) in [6, 6.07) is 13.1. The number of benzene rings is 2. The second-order valence-corrected chi connectivity index (χ2v) is 15.9. The molecule has 12 nitrogen and oxygen atoms in total. The lowest BCUT2D eigenvalue weighted by Crippen LogP contribution is -2.39. The minimum absolute atomic E-state index is 0. The van der Waals surface area contributed by atoms with Crippen molar-refractivity contribution >= 4 is 56.4 Å². The van der Waals surface area contributed by atoms with E-state index in [1.807, 2.05) is 47.5 Å². The Morgan fingerprint density at radius 3 is 2.37 bits per heavy atom. The van der Waals surface area contributed by atoms with Crippen LogP contribution in [0.15, 0.2) is 54.9 Å². The second-order valence-electron chi connectivity index (χ2n) is 14.0. The topological polar surface area (TPSA) is 126 Å². The highest BCUT2D eigenvalue weighted by atomic mass is 35.5. The molecule has 4 heterocycles. The van der Waals surface area contributed by atoms with Crippen molar-refractivity contribution in [3.63, 3.8) is 0 Å². The van der Waals surface area contributed by atoms with Crippen molar-refractivity contribution in [3.8, 4) is 16.9 Å². The average molecular weight is 745 g/mol. The van der Waals surface area contributed by atoms with Gasteiger partial charge in [0.1, 0.15) is 18.1 Å². The first kappa shape index (κ1) is 36.7. The van der Waals surface area contributed by atoms with Crippen LogP contribution in [0, 0.1) is 5.41 Å². The minimum Gasteiger partial charge on any atom is -0.464 e. The van der Waals surface area contributed by atoms with Crippen molar-refractivity contribution in [1.82, 2.24) is 24.9 Å². The van der Waals surface area contributed by atoms with E-state index in [1.165, 1.54) is 12.8 Å². The Hall–Kier alpha value is -4.08. The van der Waals surface area contributed by atoms with Crippen molar-refractivity contribution in [3.05, 3.63) is 54.9 Å². The first-order chi connectivity index (χ1) is 23.9. The van der Waals surface area contributed by atoms with Gasteiger partial charge in [-0.15, -0.1) is 17.5 Å². The van der Waals surface area contributed by atoms with E-state index in [-0.39, 0.29) is 57.2 Å². The number of rotatable bonds is 11. The molecule has 0 bridgehead atoms.